The molecular weight excluding hydrogens is 505 g/mol. The Bertz CT molecular complexity index is 1160. The maximum Gasteiger partial charge on any atom is 0.458 e. The predicted molar refractivity (Wildman–Crippen MR) is 150 cm³/mol. The van der Waals surface area contributed by atoms with Crippen LogP contribution in [-0.2, 0) is 13.8 Å². The van der Waals surface area contributed by atoms with Crippen molar-refractivity contribution in [3.63, 3.8) is 0 Å². The topological polar surface area (TPSA) is 112 Å². The maximum atomic E-state index is 13.6. The molecule has 2 N–H and O–H groups in total. The first-order valence-electron chi connectivity index (χ1n) is 13.8. The van der Waals surface area contributed by atoms with Crippen molar-refractivity contribution in [1.29, 1.82) is 0 Å². The van der Waals surface area contributed by atoms with Crippen LogP contribution in [0.25, 0.3) is 0 Å². The van der Waals surface area contributed by atoms with E-state index in [4.69, 9.17) is 13.8 Å². The lowest BCUT2D eigenvalue weighted by molar-refractivity contribution is -0.00733. The molecule has 0 aliphatic carbocycles. The molecule has 0 radical (unpaired) electrons. The number of ether oxygens (including phenoxy) is 1. The van der Waals surface area contributed by atoms with Crippen molar-refractivity contribution in [2.75, 3.05) is 13.2 Å². The van der Waals surface area contributed by atoms with Gasteiger partial charge in [-0.15, -0.1) is 0 Å². The minimum atomic E-state index is -3.67. The van der Waals surface area contributed by atoms with Gasteiger partial charge in [0, 0.05) is 18.3 Å². The van der Waals surface area contributed by atoms with Gasteiger partial charge in [0.25, 0.3) is 5.56 Å². The molecule has 0 fully saturated rings. The molecule has 1 aliphatic heterocycles. The Morgan fingerprint density at radius 3 is 2.32 bits per heavy atom. The van der Waals surface area contributed by atoms with Crippen LogP contribution in [0.1, 0.15) is 82.9 Å². The molecule has 0 spiro atoms. The van der Waals surface area contributed by atoms with Gasteiger partial charge < -0.3 is 9.26 Å². The Kier molecular flexibility index (Phi) is 12.5. The Balaban J connectivity index is 1.46. The number of rotatable bonds is 18. The van der Waals surface area contributed by atoms with Crippen LogP contribution < -0.4 is 20.9 Å². The number of aromatic amines is 1. The van der Waals surface area contributed by atoms with Gasteiger partial charge in [0.2, 0.25) is 0 Å². The van der Waals surface area contributed by atoms with Crippen LogP contribution in [0.5, 0.6) is 5.75 Å². The fraction of sp³-hybridized carbons (Fsp3) is 0.571. The summed E-state index contributed by atoms with van der Waals surface area (Å²) in [6, 6.07) is 8.92. The van der Waals surface area contributed by atoms with E-state index >= 15 is 0 Å². The molecule has 38 heavy (non-hydrogen) atoms. The maximum absolute atomic E-state index is 13.6. The third kappa shape index (κ3) is 10.0. The molecule has 2 heterocycles. The van der Waals surface area contributed by atoms with E-state index in [9.17, 15) is 14.2 Å². The van der Waals surface area contributed by atoms with Gasteiger partial charge in [-0.1, -0.05) is 89.0 Å². The van der Waals surface area contributed by atoms with Gasteiger partial charge in [-0.05, 0) is 31.6 Å². The second kappa shape index (κ2) is 15.8. The first-order chi connectivity index (χ1) is 18.4. The Hall–Kier alpha value is -2.45. The van der Waals surface area contributed by atoms with E-state index in [1.165, 1.54) is 55.7 Å². The van der Waals surface area contributed by atoms with Gasteiger partial charge in [-0.3, -0.25) is 18.9 Å². The van der Waals surface area contributed by atoms with Crippen molar-refractivity contribution in [3.8, 4) is 5.75 Å². The Morgan fingerprint density at radius 2 is 1.63 bits per heavy atom. The molecule has 3 rings (SSSR count). The molecule has 2 aromatic rings. The number of para-hydroxylation sites is 1. The number of hydrogen-bond acceptors (Lipinski definition) is 6. The van der Waals surface area contributed by atoms with Crippen molar-refractivity contribution in [2.24, 2.45) is 0 Å². The highest BCUT2D eigenvalue weighted by Crippen LogP contribution is 2.44. The van der Waals surface area contributed by atoms with Gasteiger partial charge in [0.05, 0.1) is 6.61 Å². The third-order valence-corrected chi connectivity index (χ3v) is 7.99. The standard InChI is InChI=1S/C28H42N3O6P/c1-3-4-5-6-7-8-9-10-11-15-20-29-38(34,37-24-16-13-12-14-17-24)35-22-25-18-19-26(36-25)31-21-23(2)27(32)30-28(31)33/h12-14,16-19,21,25-26H,3-11,15,20,22H2,1-2H3,(H,29,34)(H,30,32,33)/t25-,26+,38?/m0/s1. The van der Waals surface area contributed by atoms with Crippen LogP contribution in [0, 0.1) is 6.92 Å². The zero-order chi connectivity index (χ0) is 27.2. The van der Waals surface area contributed by atoms with E-state index < -0.39 is 31.3 Å². The molecule has 10 heteroatoms. The van der Waals surface area contributed by atoms with Crippen molar-refractivity contribution in [3.05, 3.63) is 75.1 Å². The molecule has 0 amide bonds. The number of benzene rings is 1. The quantitative estimate of drug-likeness (QED) is 0.133. The summed E-state index contributed by atoms with van der Waals surface area (Å²) in [7, 11) is -3.67. The number of nitrogens with zero attached hydrogens (tertiary/aromatic N) is 1. The average molecular weight is 548 g/mol. The largest absolute Gasteiger partial charge is 0.458 e. The molecule has 210 valence electrons. The predicted octanol–water partition coefficient (Wildman–Crippen LogP) is 6.01. The average Bonchev–Trinajstić information content (AvgIpc) is 3.38. The summed E-state index contributed by atoms with van der Waals surface area (Å²) in [4.78, 5) is 26.1. The monoisotopic (exact) mass is 547 g/mol. The first-order valence-corrected chi connectivity index (χ1v) is 15.3. The van der Waals surface area contributed by atoms with Gasteiger partial charge in [-0.25, -0.2) is 14.4 Å². The Labute approximate surface area is 225 Å². The van der Waals surface area contributed by atoms with Gasteiger partial charge in [0.15, 0.2) is 6.23 Å². The van der Waals surface area contributed by atoms with E-state index in [1.807, 2.05) is 6.07 Å². The van der Waals surface area contributed by atoms with E-state index in [2.05, 4.69) is 17.0 Å². The summed E-state index contributed by atoms with van der Waals surface area (Å²) >= 11 is 0. The second-order valence-corrected chi connectivity index (χ2v) is 11.5. The highest BCUT2D eigenvalue weighted by atomic mass is 31.2. The van der Waals surface area contributed by atoms with Gasteiger partial charge >= 0.3 is 13.4 Å². The molecule has 1 unspecified atom stereocenters. The van der Waals surface area contributed by atoms with Crippen LogP contribution in [0.2, 0.25) is 0 Å². The van der Waals surface area contributed by atoms with E-state index in [0.29, 0.717) is 17.9 Å². The second-order valence-electron chi connectivity index (χ2n) is 9.72. The number of hydrogen-bond donors (Lipinski definition) is 2. The fourth-order valence-corrected chi connectivity index (χ4v) is 5.62. The lowest BCUT2D eigenvalue weighted by Crippen LogP contribution is -2.33. The molecule has 1 aliphatic rings. The number of H-pyrrole nitrogens is 1. The van der Waals surface area contributed by atoms with Crippen molar-refractivity contribution >= 4 is 7.75 Å². The lowest BCUT2D eigenvalue weighted by Gasteiger charge is -2.22. The lowest BCUT2D eigenvalue weighted by atomic mass is 10.1. The van der Waals surface area contributed by atoms with Gasteiger partial charge in [-0.2, -0.15) is 0 Å². The van der Waals surface area contributed by atoms with Crippen molar-refractivity contribution < 1.29 is 18.3 Å². The summed E-state index contributed by atoms with van der Waals surface area (Å²) in [5.41, 5.74) is -0.591. The minimum absolute atomic E-state index is 0.0285. The normalized spacial score (nSPS) is 18.5. The molecule has 0 bridgehead atoms. The summed E-state index contributed by atoms with van der Waals surface area (Å²) in [6.07, 6.45) is 15.8. The van der Waals surface area contributed by atoms with Crippen LogP contribution in [0.4, 0.5) is 0 Å². The van der Waals surface area contributed by atoms with Crippen LogP contribution in [-0.4, -0.2) is 28.8 Å². The van der Waals surface area contributed by atoms with Crippen LogP contribution in [0.3, 0.4) is 0 Å². The minimum Gasteiger partial charge on any atom is -0.413 e. The SMILES string of the molecule is CCCCCCCCCCCCNP(=O)(OC[C@@H]1C=C[C@H](n2cc(C)c(=O)[nH]c2=O)O1)Oc1ccccc1. The zero-order valence-corrected chi connectivity index (χ0v) is 23.5. The molecule has 9 nitrogen and oxygen atoms in total. The summed E-state index contributed by atoms with van der Waals surface area (Å²) < 4.78 is 32.3. The molecule has 0 saturated heterocycles. The van der Waals surface area contributed by atoms with Crippen LogP contribution in [0.15, 0.2) is 58.3 Å². The van der Waals surface area contributed by atoms with E-state index in [-0.39, 0.29) is 6.61 Å². The highest BCUT2D eigenvalue weighted by molar-refractivity contribution is 7.52. The third-order valence-electron chi connectivity index (χ3n) is 6.44. The number of unbranched alkanes of at least 4 members (excludes halogenated alkanes) is 9. The summed E-state index contributed by atoms with van der Waals surface area (Å²) in [5.74, 6) is 0.447. The van der Waals surface area contributed by atoms with Crippen LogP contribution >= 0.6 is 7.75 Å². The van der Waals surface area contributed by atoms with E-state index in [1.54, 1.807) is 43.3 Å². The summed E-state index contributed by atoms with van der Waals surface area (Å²) in [5, 5.41) is 3.00. The molecular formula is C28H42N3O6P. The number of nitrogens with one attached hydrogen (secondary N) is 2. The fourth-order valence-electron chi connectivity index (χ4n) is 4.24. The molecule has 1 aromatic carbocycles. The molecule has 0 saturated carbocycles. The number of aryl methyl sites for hydroxylation is 1. The first kappa shape index (κ1) is 30.1. The summed E-state index contributed by atoms with van der Waals surface area (Å²) in [6.45, 7) is 4.33. The molecule has 3 atom stereocenters. The highest BCUT2D eigenvalue weighted by Gasteiger charge is 2.30. The Morgan fingerprint density at radius 1 is 0.974 bits per heavy atom. The zero-order valence-electron chi connectivity index (χ0n) is 22.6. The number of aromatic nitrogens is 2. The van der Waals surface area contributed by atoms with Gasteiger partial charge in [0.1, 0.15) is 11.9 Å². The molecule has 1 aromatic heterocycles. The van der Waals surface area contributed by atoms with Crippen molar-refractivity contribution in [2.45, 2.75) is 90.4 Å². The van der Waals surface area contributed by atoms with E-state index in [0.717, 1.165) is 19.3 Å². The van der Waals surface area contributed by atoms with Crippen molar-refractivity contribution in [1.82, 2.24) is 14.6 Å². The smallest absolute Gasteiger partial charge is 0.413 e.